The van der Waals surface area contributed by atoms with Crippen LogP contribution in [-0.2, 0) is 4.74 Å². The average molecular weight is 239 g/mol. The van der Waals surface area contributed by atoms with E-state index in [0.29, 0.717) is 0 Å². The SMILES string of the molecule is CC(CN1CCOCC1)n1nccc1C(=O)O. The van der Waals surface area contributed by atoms with Gasteiger partial charge in [-0.15, -0.1) is 0 Å². The normalized spacial score (nSPS) is 19.1. The van der Waals surface area contributed by atoms with Gasteiger partial charge in [0.1, 0.15) is 5.69 Å². The number of carbonyl (C=O) groups is 1. The minimum atomic E-state index is -0.934. The number of ether oxygens (including phenoxy) is 1. The van der Waals surface area contributed by atoms with Crippen molar-refractivity contribution >= 4 is 5.97 Å². The van der Waals surface area contributed by atoms with Gasteiger partial charge in [0.05, 0.1) is 19.3 Å². The van der Waals surface area contributed by atoms with Gasteiger partial charge in [-0.3, -0.25) is 9.58 Å². The van der Waals surface area contributed by atoms with Gasteiger partial charge in [-0.2, -0.15) is 5.10 Å². The minimum absolute atomic E-state index is 0.0502. The highest BCUT2D eigenvalue weighted by Gasteiger charge is 2.19. The summed E-state index contributed by atoms with van der Waals surface area (Å²) in [5.41, 5.74) is 0.241. The summed E-state index contributed by atoms with van der Waals surface area (Å²) in [7, 11) is 0. The topological polar surface area (TPSA) is 67.6 Å². The van der Waals surface area contributed by atoms with E-state index in [9.17, 15) is 4.79 Å². The molecule has 1 aliphatic heterocycles. The van der Waals surface area contributed by atoms with Crippen molar-refractivity contribution in [3.63, 3.8) is 0 Å². The molecule has 1 aromatic rings. The summed E-state index contributed by atoms with van der Waals surface area (Å²) in [6.45, 7) is 6.07. The first-order valence-corrected chi connectivity index (χ1v) is 5.75. The summed E-state index contributed by atoms with van der Waals surface area (Å²) < 4.78 is 6.84. The zero-order valence-electron chi connectivity index (χ0n) is 9.87. The lowest BCUT2D eigenvalue weighted by Crippen LogP contribution is -2.39. The molecular formula is C11H17N3O3. The number of carboxylic acids is 1. The van der Waals surface area contributed by atoms with Gasteiger partial charge in [-0.05, 0) is 13.0 Å². The second kappa shape index (κ2) is 5.29. The molecule has 6 nitrogen and oxygen atoms in total. The molecule has 0 spiro atoms. The molecule has 2 heterocycles. The first kappa shape index (κ1) is 12.1. The van der Waals surface area contributed by atoms with E-state index in [-0.39, 0.29) is 11.7 Å². The number of aromatic nitrogens is 2. The Kier molecular flexibility index (Phi) is 3.75. The molecule has 1 fully saturated rings. The Morgan fingerprint density at radius 1 is 1.59 bits per heavy atom. The summed E-state index contributed by atoms with van der Waals surface area (Å²) in [6, 6.07) is 1.58. The lowest BCUT2D eigenvalue weighted by molar-refractivity contribution is 0.0314. The van der Waals surface area contributed by atoms with Crippen molar-refractivity contribution in [2.24, 2.45) is 0 Å². The maximum atomic E-state index is 11.0. The van der Waals surface area contributed by atoms with Crippen molar-refractivity contribution in [3.05, 3.63) is 18.0 Å². The number of aromatic carboxylic acids is 1. The van der Waals surface area contributed by atoms with Gasteiger partial charge in [0.15, 0.2) is 0 Å². The van der Waals surface area contributed by atoms with Gasteiger partial charge in [0, 0.05) is 25.8 Å². The van der Waals surface area contributed by atoms with Gasteiger partial charge in [-0.25, -0.2) is 4.79 Å². The Balaban J connectivity index is 2.00. The third kappa shape index (κ3) is 2.83. The number of rotatable bonds is 4. The van der Waals surface area contributed by atoms with Crippen LogP contribution in [0.1, 0.15) is 23.5 Å². The second-order valence-electron chi connectivity index (χ2n) is 4.23. The molecule has 17 heavy (non-hydrogen) atoms. The van der Waals surface area contributed by atoms with Crippen LogP contribution in [0.5, 0.6) is 0 Å². The third-order valence-corrected chi connectivity index (χ3v) is 2.93. The lowest BCUT2D eigenvalue weighted by Gasteiger charge is -2.29. The molecule has 0 aliphatic carbocycles. The maximum Gasteiger partial charge on any atom is 0.354 e. The van der Waals surface area contributed by atoms with Gasteiger partial charge in [-0.1, -0.05) is 0 Å². The van der Waals surface area contributed by atoms with E-state index in [1.807, 2.05) is 6.92 Å². The summed E-state index contributed by atoms with van der Waals surface area (Å²) in [4.78, 5) is 13.3. The fourth-order valence-corrected chi connectivity index (χ4v) is 2.07. The second-order valence-corrected chi connectivity index (χ2v) is 4.23. The lowest BCUT2D eigenvalue weighted by atomic mass is 10.2. The maximum absolute atomic E-state index is 11.0. The van der Waals surface area contributed by atoms with Gasteiger partial charge in [0.2, 0.25) is 0 Å². The molecular weight excluding hydrogens is 222 g/mol. The molecule has 0 aromatic carbocycles. The first-order chi connectivity index (χ1) is 8.18. The van der Waals surface area contributed by atoms with Crippen molar-refractivity contribution < 1.29 is 14.6 Å². The average Bonchev–Trinajstić information content (AvgIpc) is 2.79. The smallest absolute Gasteiger partial charge is 0.354 e. The minimum Gasteiger partial charge on any atom is -0.477 e. The predicted molar refractivity (Wildman–Crippen MR) is 61.2 cm³/mol. The number of morpholine rings is 1. The summed E-state index contributed by atoms with van der Waals surface area (Å²) in [6.07, 6.45) is 1.53. The van der Waals surface area contributed by atoms with Crippen LogP contribution in [0.2, 0.25) is 0 Å². The van der Waals surface area contributed by atoms with E-state index in [0.717, 1.165) is 32.8 Å². The van der Waals surface area contributed by atoms with Gasteiger partial charge >= 0.3 is 5.97 Å². The van der Waals surface area contributed by atoms with E-state index in [1.165, 1.54) is 12.3 Å². The summed E-state index contributed by atoms with van der Waals surface area (Å²) >= 11 is 0. The van der Waals surface area contributed by atoms with Crippen LogP contribution in [0.15, 0.2) is 12.3 Å². The molecule has 1 aliphatic rings. The Morgan fingerprint density at radius 2 is 2.29 bits per heavy atom. The van der Waals surface area contributed by atoms with Crippen molar-refractivity contribution in [3.8, 4) is 0 Å². The van der Waals surface area contributed by atoms with Crippen LogP contribution in [0.25, 0.3) is 0 Å². The summed E-state index contributed by atoms with van der Waals surface area (Å²) in [5, 5.41) is 13.1. The highest BCUT2D eigenvalue weighted by atomic mass is 16.5. The number of nitrogens with zero attached hydrogens (tertiary/aromatic N) is 3. The quantitative estimate of drug-likeness (QED) is 0.827. The monoisotopic (exact) mass is 239 g/mol. The van der Waals surface area contributed by atoms with Crippen molar-refractivity contribution in [2.45, 2.75) is 13.0 Å². The van der Waals surface area contributed by atoms with Crippen LogP contribution >= 0.6 is 0 Å². The Hall–Kier alpha value is -1.40. The Labute approximate surface area is 99.8 Å². The van der Waals surface area contributed by atoms with Crippen LogP contribution < -0.4 is 0 Å². The molecule has 1 aromatic heterocycles. The predicted octanol–water partition coefficient (Wildman–Crippen LogP) is 0.474. The molecule has 94 valence electrons. The fraction of sp³-hybridized carbons (Fsp3) is 0.636. The number of hydrogen-bond acceptors (Lipinski definition) is 4. The van der Waals surface area contributed by atoms with E-state index in [2.05, 4.69) is 10.00 Å². The molecule has 1 saturated heterocycles. The van der Waals surface area contributed by atoms with Gasteiger partial charge in [0.25, 0.3) is 0 Å². The number of hydrogen-bond donors (Lipinski definition) is 1. The van der Waals surface area contributed by atoms with Crippen LogP contribution in [0.3, 0.4) is 0 Å². The zero-order valence-corrected chi connectivity index (χ0v) is 9.87. The largest absolute Gasteiger partial charge is 0.477 e. The fourth-order valence-electron chi connectivity index (χ4n) is 2.07. The highest BCUT2D eigenvalue weighted by Crippen LogP contribution is 2.12. The van der Waals surface area contributed by atoms with Crippen molar-refractivity contribution in [1.29, 1.82) is 0 Å². The Bertz CT molecular complexity index is 385. The van der Waals surface area contributed by atoms with E-state index < -0.39 is 5.97 Å². The standard InChI is InChI=1S/C11H17N3O3/c1-9(8-13-4-6-17-7-5-13)14-10(11(15)16)2-3-12-14/h2-3,9H,4-8H2,1H3,(H,15,16). The number of carboxylic acid groups (broad SMARTS) is 1. The first-order valence-electron chi connectivity index (χ1n) is 5.75. The van der Waals surface area contributed by atoms with E-state index >= 15 is 0 Å². The molecule has 1 unspecified atom stereocenters. The molecule has 0 saturated carbocycles. The van der Waals surface area contributed by atoms with Gasteiger partial charge < -0.3 is 9.84 Å². The zero-order chi connectivity index (χ0) is 12.3. The molecule has 2 rings (SSSR count). The van der Waals surface area contributed by atoms with Crippen molar-refractivity contribution in [2.75, 3.05) is 32.8 Å². The molecule has 0 bridgehead atoms. The highest BCUT2D eigenvalue weighted by molar-refractivity contribution is 5.85. The third-order valence-electron chi connectivity index (χ3n) is 2.93. The van der Waals surface area contributed by atoms with Crippen LogP contribution in [0.4, 0.5) is 0 Å². The summed E-state index contributed by atoms with van der Waals surface area (Å²) in [5.74, 6) is -0.934. The molecule has 6 heteroatoms. The molecule has 1 N–H and O–H groups in total. The van der Waals surface area contributed by atoms with Crippen LogP contribution in [0, 0.1) is 0 Å². The van der Waals surface area contributed by atoms with Crippen molar-refractivity contribution in [1.82, 2.24) is 14.7 Å². The van der Waals surface area contributed by atoms with Crippen LogP contribution in [-0.4, -0.2) is 58.6 Å². The Morgan fingerprint density at radius 3 is 2.94 bits per heavy atom. The van der Waals surface area contributed by atoms with E-state index in [1.54, 1.807) is 4.68 Å². The molecule has 1 atom stereocenters. The molecule has 0 amide bonds. The van der Waals surface area contributed by atoms with E-state index in [4.69, 9.17) is 9.84 Å². The molecule has 0 radical (unpaired) electrons.